The van der Waals surface area contributed by atoms with Crippen molar-refractivity contribution in [2.24, 2.45) is 0 Å². The maximum absolute atomic E-state index is 9.51. The molecular formula is C6Cl9NdO6. The SMILES string of the molecule is O=C([O-])C(Cl)(Cl)Cl.O=C([O-])C(Cl)(Cl)Cl.O=C([O-])C(Cl)(Cl)Cl.[Nd+3]. The fraction of sp³-hybridized carbons (Fsp3) is 0.500. The van der Waals surface area contributed by atoms with Crippen LogP contribution in [-0.2, 0) is 14.4 Å². The van der Waals surface area contributed by atoms with Crippen LogP contribution in [0.1, 0.15) is 0 Å². The van der Waals surface area contributed by atoms with Crippen molar-refractivity contribution in [3.63, 3.8) is 0 Å². The number of carbonyl (C=O) groups excluding carboxylic acids is 3. The number of carboxylic acid groups (broad SMARTS) is 3. The van der Waals surface area contributed by atoms with Gasteiger partial charge < -0.3 is 29.7 Å². The Labute approximate surface area is 201 Å². The Morgan fingerprint density at radius 1 is 0.500 bits per heavy atom. The molecule has 6 nitrogen and oxygen atoms in total. The van der Waals surface area contributed by atoms with E-state index in [0.29, 0.717) is 0 Å². The van der Waals surface area contributed by atoms with Gasteiger partial charge in [0.1, 0.15) is 0 Å². The molecule has 22 heavy (non-hydrogen) atoms. The third-order valence-electron chi connectivity index (χ3n) is 0.694. The van der Waals surface area contributed by atoms with Crippen LogP contribution in [0.15, 0.2) is 0 Å². The van der Waals surface area contributed by atoms with Crippen molar-refractivity contribution in [3.8, 4) is 0 Å². The van der Waals surface area contributed by atoms with Gasteiger partial charge in [-0.3, -0.25) is 0 Å². The summed E-state index contributed by atoms with van der Waals surface area (Å²) in [4.78, 5) is 28.5. The molecule has 0 aromatic rings. The first-order valence-corrected chi connectivity index (χ1v) is 7.08. The Balaban J connectivity index is -0.000000108. The van der Waals surface area contributed by atoms with Crippen LogP contribution in [0.3, 0.4) is 0 Å². The molecule has 0 aliphatic rings. The molecule has 0 bridgehead atoms. The summed E-state index contributed by atoms with van der Waals surface area (Å²) in [5, 5.41) is 28.5. The third kappa shape index (κ3) is 24.6. The molecule has 0 aliphatic carbocycles. The van der Waals surface area contributed by atoms with E-state index in [9.17, 15) is 29.7 Å². The Morgan fingerprint density at radius 3 is 0.545 bits per heavy atom. The summed E-state index contributed by atoms with van der Waals surface area (Å²) >= 11 is 42.6. The predicted octanol–water partition coefficient (Wildman–Crippen LogP) is 0.319. The molecule has 0 spiro atoms. The normalized spacial score (nSPS) is 10.8. The monoisotopic (exact) mass is 625 g/mol. The molecule has 0 atom stereocenters. The average molecular weight is 631 g/mol. The molecule has 0 saturated heterocycles. The smallest absolute Gasteiger partial charge is 0.545 e. The van der Waals surface area contributed by atoms with Gasteiger partial charge in [-0.2, -0.15) is 0 Å². The summed E-state index contributed by atoms with van der Waals surface area (Å²) in [6.07, 6.45) is 0. The van der Waals surface area contributed by atoms with Crippen molar-refractivity contribution >= 4 is 122 Å². The zero-order chi connectivity index (χ0) is 18.2. The second-order valence-electron chi connectivity index (χ2n) is 2.36. The molecular weight excluding hydrogens is 631 g/mol. The number of hydrogen-bond donors (Lipinski definition) is 0. The van der Waals surface area contributed by atoms with Crippen molar-refractivity contribution in [3.05, 3.63) is 0 Å². The Morgan fingerprint density at radius 2 is 0.545 bits per heavy atom. The molecule has 127 valence electrons. The number of halogens is 9. The molecule has 0 saturated carbocycles. The van der Waals surface area contributed by atoms with Crippen molar-refractivity contribution < 1.29 is 70.5 Å². The third-order valence-corrected chi connectivity index (χ3v) is 2.08. The molecule has 0 fully saturated rings. The first kappa shape index (κ1) is 32.1. The molecule has 0 heterocycles. The molecule has 16 heteroatoms. The number of carbonyl (C=O) groups is 3. The number of aliphatic carboxylic acids is 3. The van der Waals surface area contributed by atoms with Crippen molar-refractivity contribution in [2.75, 3.05) is 0 Å². The van der Waals surface area contributed by atoms with Gasteiger partial charge in [0, 0.05) is 0 Å². The molecule has 0 unspecified atom stereocenters. The second kappa shape index (κ2) is 13.6. The van der Waals surface area contributed by atoms with E-state index in [-0.39, 0.29) is 40.8 Å². The van der Waals surface area contributed by atoms with Crippen LogP contribution in [0.2, 0.25) is 0 Å². The largest absolute Gasteiger partial charge is 3.00 e. The summed E-state index contributed by atoms with van der Waals surface area (Å²) in [6, 6.07) is 0. The van der Waals surface area contributed by atoms with Gasteiger partial charge >= 0.3 is 40.8 Å². The first-order valence-electron chi connectivity index (χ1n) is 3.68. The van der Waals surface area contributed by atoms with Crippen LogP contribution in [-0.4, -0.2) is 29.3 Å². The minimum absolute atomic E-state index is 0. The van der Waals surface area contributed by atoms with Gasteiger partial charge in [-0.15, -0.1) is 0 Å². The van der Waals surface area contributed by atoms with Crippen LogP contribution in [0.4, 0.5) is 0 Å². The van der Waals surface area contributed by atoms with E-state index in [1.165, 1.54) is 0 Å². The van der Waals surface area contributed by atoms with E-state index in [1.807, 2.05) is 0 Å². The zero-order valence-electron chi connectivity index (χ0n) is 9.35. The van der Waals surface area contributed by atoms with Crippen molar-refractivity contribution in [2.45, 2.75) is 11.4 Å². The van der Waals surface area contributed by atoms with E-state index in [1.54, 1.807) is 0 Å². The summed E-state index contributed by atoms with van der Waals surface area (Å²) in [6.45, 7) is 0. The van der Waals surface area contributed by atoms with E-state index in [2.05, 4.69) is 0 Å². The summed E-state index contributed by atoms with van der Waals surface area (Å²) in [5.41, 5.74) is 0. The summed E-state index contributed by atoms with van der Waals surface area (Å²) < 4.78 is -6.83. The van der Waals surface area contributed by atoms with Crippen LogP contribution in [0.5, 0.6) is 0 Å². The quantitative estimate of drug-likeness (QED) is 0.356. The van der Waals surface area contributed by atoms with Gasteiger partial charge in [0.05, 0.1) is 17.9 Å². The van der Waals surface area contributed by atoms with E-state index >= 15 is 0 Å². The van der Waals surface area contributed by atoms with Gasteiger partial charge in [-0.05, 0) is 0 Å². The van der Waals surface area contributed by atoms with Crippen LogP contribution in [0.25, 0.3) is 0 Å². The van der Waals surface area contributed by atoms with E-state index in [4.69, 9.17) is 104 Å². The van der Waals surface area contributed by atoms with E-state index in [0.717, 1.165) is 0 Å². The van der Waals surface area contributed by atoms with Gasteiger partial charge in [0.15, 0.2) is 0 Å². The second-order valence-corrected chi connectivity index (χ2v) is 9.20. The zero-order valence-corrected chi connectivity index (χ0v) is 19.4. The standard InChI is InChI=1S/3C2HCl3O2.Nd/c3*3-2(4,5)1(6)7;/h3*(H,6,7);/q;;;+3/p-3. The first-order chi connectivity index (χ1) is 8.83. The predicted molar refractivity (Wildman–Crippen MR) is 75.9 cm³/mol. The van der Waals surface area contributed by atoms with Gasteiger partial charge in [-0.1, -0.05) is 104 Å². The summed E-state index contributed by atoms with van der Waals surface area (Å²) in [5.74, 6) is -5.13. The molecule has 0 rings (SSSR count). The van der Waals surface area contributed by atoms with Gasteiger partial charge in [0.2, 0.25) is 11.4 Å². The topological polar surface area (TPSA) is 120 Å². The Hall–Kier alpha value is 2.37. The van der Waals surface area contributed by atoms with Gasteiger partial charge in [0.25, 0.3) is 0 Å². The Bertz CT molecular complexity index is 313. The van der Waals surface area contributed by atoms with E-state index < -0.39 is 29.3 Å². The van der Waals surface area contributed by atoms with Crippen molar-refractivity contribution in [1.82, 2.24) is 0 Å². The molecule has 0 aromatic heterocycles. The Kier molecular flexibility index (Phi) is 19.8. The number of rotatable bonds is 0. The fourth-order valence-corrected chi connectivity index (χ4v) is 0. The maximum atomic E-state index is 9.51. The minimum atomic E-state index is -2.28. The maximum Gasteiger partial charge on any atom is 3.00 e. The van der Waals surface area contributed by atoms with Crippen LogP contribution < -0.4 is 15.3 Å². The van der Waals surface area contributed by atoms with Crippen LogP contribution >= 0.6 is 104 Å². The molecule has 0 aromatic carbocycles. The molecule has 1 radical (unpaired) electrons. The molecule has 0 amide bonds. The van der Waals surface area contributed by atoms with Crippen LogP contribution in [0, 0.1) is 40.8 Å². The molecule has 0 N–H and O–H groups in total. The number of hydrogen-bond acceptors (Lipinski definition) is 6. The minimum Gasteiger partial charge on any atom is -0.545 e. The summed E-state index contributed by atoms with van der Waals surface area (Å²) in [7, 11) is 0. The van der Waals surface area contributed by atoms with Gasteiger partial charge in [-0.25, -0.2) is 0 Å². The number of carboxylic acids is 3. The fourth-order valence-electron chi connectivity index (χ4n) is 0. The number of alkyl halides is 9. The van der Waals surface area contributed by atoms with Crippen molar-refractivity contribution in [1.29, 1.82) is 0 Å². The average Bonchev–Trinajstić information content (AvgIpc) is 2.14. The molecule has 0 aliphatic heterocycles.